The van der Waals surface area contributed by atoms with E-state index in [1.807, 2.05) is 42.3 Å². The molecular weight excluding hydrogens is 333 g/mol. The average Bonchev–Trinajstić information content (AvgIpc) is 2.66. The molecule has 4 nitrogen and oxygen atoms in total. The first-order valence-corrected chi connectivity index (χ1v) is 9.01. The summed E-state index contributed by atoms with van der Waals surface area (Å²) in [5.74, 6) is 0.336. The van der Waals surface area contributed by atoms with E-state index in [9.17, 15) is 9.18 Å². The van der Waals surface area contributed by atoms with E-state index in [1.165, 1.54) is 12.1 Å². The molecule has 1 saturated heterocycles. The summed E-state index contributed by atoms with van der Waals surface area (Å²) in [5, 5.41) is 1.89. The lowest BCUT2D eigenvalue weighted by atomic mass is 9.74. The van der Waals surface area contributed by atoms with Gasteiger partial charge in [0.25, 0.3) is 0 Å². The number of rotatable bonds is 6. The first-order valence-electron chi connectivity index (χ1n) is 9.01. The van der Waals surface area contributed by atoms with Crippen LogP contribution in [0.2, 0.25) is 0 Å². The van der Waals surface area contributed by atoms with Crippen molar-refractivity contribution in [3.8, 4) is 5.75 Å². The van der Waals surface area contributed by atoms with Crippen molar-refractivity contribution in [3.05, 3.63) is 66.0 Å². The first-order chi connectivity index (χ1) is 12.6. The van der Waals surface area contributed by atoms with Crippen LogP contribution in [0.1, 0.15) is 25.3 Å². The number of para-hydroxylation sites is 1. The Kier molecular flexibility index (Phi) is 5.89. The Morgan fingerprint density at radius 2 is 1.73 bits per heavy atom. The molecule has 0 radical (unpaired) electrons. The molecule has 1 aliphatic heterocycles. The van der Waals surface area contributed by atoms with Gasteiger partial charge in [0.15, 0.2) is 0 Å². The van der Waals surface area contributed by atoms with Gasteiger partial charge in [0.1, 0.15) is 11.6 Å². The van der Waals surface area contributed by atoms with E-state index in [0.29, 0.717) is 39.0 Å². The standard InChI is InChI=1S/C21H24FNO3/c1-2-25-20(24)21(16-17-8-10-18(22)11-9-17)12-14-23(15-13-21)26-19-6-4-3-5-7-19/h3-11H,2,12-16H2,1H3. The van der Waals surface area contributed by atoms with Crippen LogP contribution in [0.5, 0.6) is 5.75 Å². The van der Waals surface area contributed by atoms with Gasteiger partial charge in [-0.25, -0.2) is 4.39 Å². The second-order valence-corrected chi connectivity index (χ2v) is 6.64. The fourth-order valence-electron chi connectivity index (χ4n) is 3.37. The minimum absolute atomic E-state index is 0.177. The van der Waals surface area contributed by atoms with E-state index >= 15 is 0 Å². The molecule has 2 aromatic rings. The van der Waals surface area contributed by atoms with Crippen LogP contribution in [-0.2, 0) is 16.0 Å². The molecule has 0 aromatic heterocycles. The number of benzene rings is 2. The molecule has 26 heavy (non-hydrogen) atoms. The number of hydrogen-bond donors (Lipinski definition) is 0. The topological polar surface area (TPSA) is 38.8 Å². The number of ether oxygens (including phenoxy) is 1. The molecule has 0 unspecified atom stereocenters. The lowest BCUT2D eigenvalue weighted by Crippen LogP contribution is -2.47. The van der Waals surface area contributed by atoms with Gasteiger partial charge in [-0.3, -0.25) is 4.79 Å². The molecule has 1 fully saturated rings. The van der Waals surface area contributed by atoms with Crippen LogP contribution in [-0.4, -0.2) is 30.7 Å². The van der Waals surface area contributed by atoms with Crippen LogP contribution in [0.25, 0.3) is 0 Å². The molecular formula is C21H24FNO3. The summed E-state index contributed by atoms with van der Waals surface area (Å²) in [7, 11) is 0. The predicted molar refractivity (Wildman–Crippen MR) is 97.0 cm³/mol. The summed E-state index contributed by atoms with van der Waals surface area (Å²) in [6.07, 6.45) is 1.82. The Hall–Kier alpha value is -2.40. The van der Waals surface area contributed by atoms with Crippen molar-refractivity contribution in [1.29, 1.82) is 0 Å². The molecule has 5 heteroatoms. The number of hydroxylamine groups is 2. The number of carbonyl (C=O) groups is 1. The number of carbonyl (C=O) groups excluding carboxylic acids is 1. The highest BCUT2D eigenvalue weighted by atomic mass is 19.1. The molecule has 0 amide bonds. The van der Waals surface area contributed by atoms with Crippen molar-refractivity contribution in [1.82, 2.24) is 5.06 Å². The van der Waals surface area contributed by atoms with E-state index in [-0.39, 0.29) is 11.8 Å². The van der Waals surface area contributed by atoms with Gasteiger partial charge in [0.05, 0.1) is 12.0 Å². The summed E-state index contributed by atoms with van der Waals surface area (Å²) in [4.78, 5) is 18.6. The van der Waals surface area contributed by atoms with Crippen LogP contribution >= 0.6 is 0 Å². The van der Waals surface area contributed by atoms with Gasteiger partial charge in [-0.2, -0.15) is 0 Å². The van der Waals surface area contributed by atoms with Crippen LogP contribution in [0.4, 0.5) is 4.39 Å². The Morgan fingerprint density at radius 3 is 2.35 bits per heavy atom. The van der Waals surface area contributed by atoms with Gasteiger partial charge in [-0.1, -0.05) is 30.3 Å². The summed E-state index contributed by atoms with van der Waals surface area (Å²) in [6, 6.07) is 16.0. The van der Waals surface area contributed by atoms with E-state index in [2.05, 4.69) is 0 Å². The van der Waals surface area contributed by atoms with Gasteiger partial charge >= 0.3 is 5.97 Å². The Labute approximate surface area is 153 Å². The van der Waals surface area contributed by atoms with Crippen LogP contribution < -0.4 is 4.84 Å². The third-order valence-electron chi connectivity index (χ3n) is 4.82. The minimum atomic E-state index is -0.593. The monoisotopic (exact) mass is 357 g/mol. The molecule has 138 valence electrons. The fourth-order valence-corrected chi connectivity index (χ4v) is 3.37. The molecule has 0 N–H and O–H groups in total. The molecule has 0 aliphatic carbocycles. The molecule has 1 heterocycles. The van der Waals surface area contributed by atoms with E-state index < -0.39 is 5.41 Å². The quantitative estimate of drug-likeness (QED) is 0.733. The van der Waals surface area contributed by atoms with Crippen LogP contribution in [0.3, 0.4) is 0 Å². The van der Waals surface area contributed by atoms with Crippen LogP contribution in [0.15, 0.2) is 54.6 Å². The number of piperidine rings is 1. The Morgan fingerprint density at radius 1 is 1.08 bits per heavy atom. The first kappa shape index (κ1) is 18.4. The van der Waals surface area contributed by atoms with Gasteiger partial charge in [-0.05, 0) is 56.0 Å². The van der Waals surface area contributed by atoms with Gasteiger partial charge < -0.3 is 9.57 Å². The van der Waals surface area contributed by atoms with Crippen molar-refractivity contribution in [2.75, 3.05) is 19.7 Å². The molecule has 0 saturated carbocycles. The van der Waals surface area contributed by atoms with E-state index in [4.69, 9.17) is 9.57 Å². The third kappa shape index (κ3) is 4.41. The predicted octanol–water partition coefficient (Wildman–Crippen LogP) is 4.01. The lowest BCUT2D eigenvalue weighted by molar-refractivity contribution is -0.165. The van der Waals surface area contributed by atoms with E-state index in [0.717, 1.165) is 11.3 Å². The maximum atomic E-state index is 13.2. The minimum Gasteiger partial charge on any atom is -0.466 e. The smallest absolute Gasteiger partial charge is 0.312 e. The normalized spacial score (nSPS) is 16.8. The summed E-state index contributed by atoms with van der Waals surface area (Å²) in [5.41, 5.74) is 0.349. The molecule has 0 spiro atoms. The maximum Gasteiger partial charge on any atom is 0.312 e. The molecule has 0 atom stereocenters. The van der Waals surface area contributed by atoms with Gasteiger partial charge in [0.2, 0.25) is 0 Å². The second-order valence-electron chi connectivity index (χ2n) is 6.64. The van der Waals surface area contributed by atoms with Crippen molar-refractivity contribution >= 4 is 5.97 Å². The zero-order valence-electron chi connectivity index (χ0n) is 15.0. The van der Waals surface area contributed by atoms with Gasteiger partial charge in [0, 0.05) is 13.1 Å². The highest BCUT2D eigenvalue weighted by Gasteiger charge is 2.43. The molecule has 2 aromatic carbocycles. The highest BCUT2D eigenvalue weighted by molar-refractivity contribution is 5.77. The zero-order chi connectivity index (χ0) is 18.4. The number of hydrogen-bond acceptors (Lipinski definition) is 4. The van der Waals surface area contributed by atoms with Crippen molar-refractivity contribution in [3.63, 3.8) is 0 Å². The van der Waals surface area contributed by atoms with Crippen molar-refractivity contribution in [2.24, 2.45) is 5.41 Å². The summed E-state index contributed by atoms with van der Waals surface area (Å²) < 4.78 is 18.5. The SMILES string of the molecule is CCOC(=O)C1(Cc2ccc(F)cc2)CCN(Oc2ccccc2)CC1. The Bertz CT molecular complexity index is 710. The summed E-state index contributed by atoms with van der Waals surface area (Å²) in [6.45, 7) is 3.44. The fraction of sp³-hybridized carbons (Fsp3) is 0.381. The highest BCUT2D eigenvalue weighted by Crippen LogP contribution is 2.37. The average molecular weight is 357 g/mol. The van der Waals surface area contributed by atoms with Crippen molar-refractivity contribution < 1.29 is 18.8 Å². The molecule has 3 rings (SSSR count). The third-order valence-corrected chi connectivity index (χ3v) is 4.82. The lowest BCUT2D eigenvalue weighted by Gasteiger charge is -2.39. The van der Waals surface area contributed by atoms with Crippen LogP contribution in [0, 0.1) is 11.2 Å². The van der Waals surface area contributed by atoms with Crippen molar-refractivity contribution in [2.45, 2.75) is 26.2 Å². The largest absolute Gasteiger partial charge is 0.466 e. The number of esters is 1. The number of halogens is 1. The second kappa shape index (κ2) is 8.32. The maximum absolute atomic E-state index is 13.2. The molecule has 1 aliphatic rings. The molecule has 0 bridgehead atoms. The van der Waals surface area contributed by atoms with Gasteiger partial charge in [-0.15, -0.1) is 5.06 Å². The number of nitrogens with zero attached hydrogens (tertiary/aromatic N) is 1. The van der Waals surface area contributed by atoms with E-state index in [1.54, 1.807) is 12.1 Å². The summed E-state index contributed by atoms with van der Waals surface area (Å²) >= 11 is 0. The Balaban J connectivity index is 1.70. The zero-order valence-corrected chi connectivity index (χ0v) is 15.0.